The quantitative estimate of drug-likeness (QED) is 0.645. The van der Waals surface area contributed by atoms with Crippen LogP contribution in [0, 0.1) is 30.9 Å². The first-order chi connectivity index (χ1) is 11.4. The van der Waals surface area contributed by atoms with Crippen LogP contribution in [0.1, 0.15) is 27.3 Å². The van der Waals surface area contributed by atoms with Gasteiger partial charge in [0.2, 0.25) is 0 Å². The van der Waals surface area contributed by atoms with Gasteiger partial charge in [-0.15, -0.1) is 0 Å². The second kappa shape index (κ2) is 7.12. The molecule has 0 aliphatic carbocycles. The van der Waals surface area contributed by atoms with Crippen molar-refractivity contribution in [2.45, 2.75) is 27.3 Å². The summed E-state index contributed by atoms with van der Waals surface area (Å²) in [6.07, 6.45) is 0. The van der Waals surface area contributed by atoms with E-state index in [9.17, 15) is 14.9 Å². The highest BCUT2D eigenvalue weighted by molar-refractivity contribution is 5.96. The van der Waals surface area contributed by atoms with Crippen molar-refractivity contribution in [3.63, 3.8) is 0 Å². The Morgan fingerprint density at radius 2 is 2.08 bits per heavy atom. The lowest BCUT2D eigenvalue weighted by Crippen LogP contribution is -2.28. The van der Waals surface area contributed by atoms with Crippen molar-refractivity contribution in [1.29, 1.82) is 0 Å². The van der Waals surface area contributed by atoms with E-state index in [2.05, 4.69) is 10.4 Å². The topological polar surface area (TPSA) is 99.3 Å². The Morgan fingerprint density at radius 1 is 1.38 bits per heavy atom. The molecule has 128 valence electrons. The van der Waals surface area contributed by atoms with E-state index < -0.39 is 4.92 Å². The number of benzene rings is 1. The first kappa shape index (κ1) is 17.5. The maximum atomic E-state index is 12.3. The molecule has 2 aromatic rings. The maximum absolute atomic E-state index is 12.3. The molecule has 0 saturated heterocycles. The van der Waals surface area contributed by atoms with E-state index in [1.54, 1.807) is 39.2 Å². The molecule has 24 heavy (non-hydrogen) atoms. The van der Waals surface area contributed by atoms with E-state index in [0.717, 1.165) is 5.56 Å². The summed E-state index contributed by atoms with van der Waals surface area (Å²) in [5.74, 6) is 0.430. The number of nitro groups is 1. The molecule has 1 amide bonds. The standard InChI is InChI=1S/C16H20N4O4/c1-10-13(6-5-7-14(10)24-4)16(21)17-8-9-19-12(3)15(20(22)23)11(2)18-19/h5-7H,8-9H2,1-4H3,(H,17,21). The Morgan fingerprint density at radius 3 is 2.67 bits per heavy atom. The third-order valence-corrected chi connectivity index (χ3v) is 3.88. The van der Waals surface area contributed by atoms with E-state index in [0.29, 0.717) is 35.8 Å². The second-order valence-electron chi connectivity index (χ2n) is 5.39. The number of nitrogens with one attached hydrogen (secondary N) is 1. The fourth-order valence-electron chi connectivity index (χ4n) is 2.62. The van der Waals surface area contributed by atoms with Gasteiger partial charge in [0.1, 0.15) is 17.1 Å². The first-order valence-electron chi connectivity index (χ1n) is 7.47. The largest absolute Gasteiger partial charge is 0.496 e. The molecule has 0 atom stereocenters. The molecule has 8 heteroatoms. The van der Waals surface area contributed by atoms with E-state index in [1.165, 1.54) is 4.68 Å². The van der Waals surface area contributed by atoms with Gasteiger partial charge in [-0.1, -0.05) is 6.07 Å². The van der Waals surface area contributed by atoms with Crippen LogP contribution in [0.2, 0.25) is 0 Å². The number of aryl methyl sites for hydroxylation is 1. The molecule has 0 radical (unpaired) electrons. The summed E-state index contributed by atoms with van der Waals surface area (Å²) in [4.78, 5) is 22.8. The summed E-state index contributed by atoms with van der Waals surface area (Å²) >= 11 is 0. The van der Waals surface area contributed by atoms with Gasteiger partial charge in [0, 0.05) is 17.7 Å². The minimum Gasteiger partial charge on any atom is -0.496 e. The number of amides is 1. The van der Waals surface area contributed by atoms with Gasteiger partial charge in [-0.25, -0.2) is 0 Å². The zero-order chi connectivity index (χ0) is 17.9. The molecule has 0 unspecified atom stereocenters. The van der Waals surface area contributed by atoms with Crippen molar-refractivity contribution >= 4 is 11.6 Å². The molecule has 0 bridgehead atoms. The van der Waals surface area contributed by atoms with E-state index >= 15 is 0 Å². The number of methoxy groups -OCH3 is 1. The normalized spacial score (nSPS) is 10.5. The molecule has 0 saturated carbocycles. The smallest absolute Gasteiger partial charge is 0.312 e. The summed E-state index contributed by atoms with van der Waals surface area (Å²) in [7, 11) is 1.56. The molecular weight excluding hydrogens is 312 g/mol. The molecule has 8 nitrogen and oxygen atoms in total. The highest BCUT2D eigenvalue weighted by atomic mass is 16.6. The SMILES string of the molecule is COc1cccc(C(=O)NCCn2nc(C)c([N+](=O)[O-])c2C)c1C. The van der Waals surface area contributed by atoms with Gasteiger partial charge in [0.05, 0.1) is 18.6 Å². The van der Waals surface area contributed by atoms with Crippen LogP contribution in [-0.4, -0.2) is 34.3 Å². The average molecular weight is 332 g/mol. The van der Waals surface area contributed by atoms with E-state index in [4.69, 9.17) is 4.74 Å². The van der Waals surface area contributed by atoms with Crippen LogP contribution < -0.4 is 10.1 Å². The summed E-state index contributed by atoms with van der Waals surface area (Å²) in [6.45, 7) is 5.73. The molecule has 1 heterocycles. The fraction of sp³-hybridized carbons (Fsp3) is 0.375. The van der Waals surface area contributed by atoms with Gasteiger partial charge in [0.25, 0.3) is 5.91 Å². The summed E-state index contributed by atoms with van der Waals surface area (Å²) < 4.78 is 6.74. The number of hydrogen-bond donors (Lipinski definition) is 1. The average Bonchev–Trinajstić information content (AvgIpc) is 2.81. The van der Waals surface area contributed by atoms with Gasteiger partial charge in [0.15, 0.2) is 0 Å². The number of ether oxygens (including phenoxy) is 1. The predicted molar refractivity (Wildman–Crippen MR) is 88.4 cm³/mol. The third kappa shape index (κ3) is 3.37. The van der Waals surface area contributed by atoms with Crippen LogP contribution in [0.25, 0.3) is 0 Å². The molecule has 1 aromatic heterocycles. The molecule has 1 aromatic carbocycles. The molecular formula is C16H20N4O4. The number of rotatable bonds is 6. The van der Waals surface area contributed by atoms with E-state index in [1.807, 2.05) is 6.92 Å². The Bertz CT molecular complexity index is 783. The Kier molecular flexibility index (Phi) is 5.18. The van der Waals surface area contributed by atoms with Crippen LogP contribution in [0.3, 0.4) is 0 Å². The minimum absolute atomic E-state index is 0.0185. The lowest BCUT2D eigenvalue weighted by Gasteiger charge is -2.11. The van der Waals surface area contributed by atoms with Crippen molar-refractivity contribution in [1.82, 2.24) is 15.1 Å². The highest BCUT2D eigenvalue weighted by Crippen LogP contribution is 2.22. The van der Waals surface area contributed by atoms with Gasteiger partial charge >= 0.3 is 5.69 Å². The summed E-state index contributed by atoms with van der Waals surface area (Å²) in [6, 6.07) is 5.27. The number of nitrogens with zero attached hydrogens (tertiary/aromatic N) is 3. The van der Waals surface area contributed by atoms with Gasteiger partial charge in [-0.2, -0.15) is 5.10 Å². The van der Waals surface area contributed by atoms with Crippen molar-refractivity contribution < 1.29 is 14.5 Å². The fourth-order valence-corrected chi connectivity index (χ4v) is 2.62. The minimum atomic E-state index is -0.438. The van der Waals surface area contributed by atoms with Crippen LogP contribution in [0.4, 0.5) is 5.69 Å². The van der Waals surface area contributed by atoms with Crippen molar-refractivity contribution in [2.24, 2.45) is 0 Å². The number of carbonyl (C=O) groups excluding carboxylic acids is 1. The van der Waals surface area contributed by atoms with Gasteiger partial charge < -0.3 is 10.1 Å². The molecule has 0 fully saturated rings. The van der Waals surface area contributed by atoms with Gasteiger partial charge in [-0.05, 0) is 32.9 Å². The second-order valence-corrected chi connectivity index (χ2v) is 5.39. The highest BCUT2D eigenvalue weighted by Gasteiger charge is 2.21. The zero-order valence-electron chi connectivity index (χ0n) is 14.1. The third-order valence-electron chi connectivity index (χ3n) is 3.88. The van der Waals surface area contributed by atoms with Crippen LogP contribution in [-0.2, 0) is 6.54 Å². The predicted octanol–water partition coefficient (Wildman–Crippen LogP) is 2.16. The lowest BCUT2D eigenvalue weighted by molar-refractivity contribution is -0.386. The Hall–Kier alpha value is -2.90. The monoisotopic (exact) mass is 332 g/mol. The van der Waals surface area contributed by atoms with Crippen molar-refractivity contribution in [2.75, 3.05) is 13.7 Å². The number of aromatic nitrogens is 2. The zero-order valence-corrected chi connectivity index (χ0v) is 14.1. The van der Waals surface area contributed by atoms with Gasteiger partial charge in [-0.3, -0.25) is 19.6 Å². The molecule has 1 N–H and O–H groups in total. The molecule has 0 spiro atoms. The van der Waals surface area contributed by atoms with Crippen molar-refractivity contribution in [3.8, 4) is 5.75 Å². The maximum Gasteiger partial charge on any atom is 0.312 e. The first-order valence-corrected chi connectivity index (χ1v) is 7.47. The van der Waals surface area contributed by atoms with Crippen LogP contribution >= 0.6 is 0 Å². The Labute approximate surface area is 139 Å². The lowest BCUT2D eigenvalue weighted by atomic mass is 10.1. The Balaban J connectivity index is 2.04. The molecule has 2 rings (SSSR count). The molecule has 0 aliphatic rings. The summed E-state index contributed by atoms with van der Waals surface area (Å²) in [5, 5.41) is 17.9. The van der Waals surface area contributed by atoms with E-state index in [-0.39, 0.29) is 11.6 Å². The number of hydrogen-bond acceptors (Lipinski definition) is 5. The van der Waals surface area contributed by atoms with Crippen molar-refractivity contribution in [3.05, 3.63) is 50.8 Å². The molecule has 0 aliphatic heterocycles. The number of carbonyl (C=O) groups is 1. The summed E-state index contributed by atoms with van der Waals surface area (Å²) in [5.41, 5.74) is 2.16. The van der Waals surface area contributed by atoms with Crippen LogP contribution in [0.15, 0.2) is 18.2 Å². The van der Waals surface area contributed by atoms with Crippen LogP contribution in [0.5, 0.6) is 5.75 Å².